The Morgan fingerprint density at radius 3 is 2.69 bits per heavy atom. The van der Waals surface area contributed by atoms with Gasteiger partial charge in [0.05, 0.1) is 23.5 Å². The Hall–Kier alpha value is -3.61. The number of carbonyl (C=O) groups is 1. The third kappa shape index (κ3) is 4.13. The molecule has 1 amide bonds. The van der Waals surface area contributed by atoms with Crippen LogP contribution in [0.3, 0.4) is 0 Å². The zero-order valence-corrected chi connectivity index (χ0v) is 16.6. The van der Waals surface area contributed by atoms with Crippen LogP contribution in [-0.2, 0) is 13.2 Å². The first kappa shape index (κ1) is 18.7. The van der Waals surface area contributed by atoms with Gasteiger partial charge in [-0.15, -0.1) is 0 Å². The largest absolute Gasteiger partial charge is 0.489 e. The fraction of sp³-hybridized carbons (Fsp3) is 0.227. The summed E-state index contributed by atoms with van der Waals surface area (Å²) in [6, 6.07) is 11.1. The summed E-state index contributed by atoms with van der Waals surface area (Å²) in [5.41, 5.74) is 5.15. The van der Waals surface area contributed by atoms with Gasteiger partial charge in [-0.2, -0.15) is 0 Å². The minimum absolute atomic E-state index is 0.157. The number of aromatic nitrogens is 3. The molecule has 0 unspecified atom stereocenters. The van der Waals surface area contributed by atoms with E-state index in [9.17, 15) is 4.79 Å². The molecule has 7 nitrogen and oxygen atoms in total. The van der Waals surface area contributed by atoms with Gasteiger partial charge in [0.2, 0.25) is 0 Å². The van der Waals surface area contributed by atoms with E-state index < -0.39 is 0 Å². The molecule has 3 heterocycles. The van der Waals surface area contributed by atoms with Crippen LogP contribution in [0.4, 0.5) is 0 Å². The molecule has 1 aromatic carbocycles. The second-order valence-electron chi connectivity index (χ2n) is 7.00. The number of imidazole rings is 1. The molecular weight excluding hydrogens is 368 g/mol. The summed E-state index contributed by atoms with van der Waals surface area (Å²) in [5.74, 6) is 1.27. The lowest BCUT2D eigenvalue weighted by molar-refractivity contribution is 0.0950. The van der Waals surface area contributed by atoms with Crippen LogP contribution in [0.15, 0.2) is 53.3 Å². The summed E-state index contributed by atoms with van der Waals surface area (Å²) in [6.07, 6.45) is 3.88. The molecule has 4 rings (SSSR count). The molecule has 29 heavy (non-hydrogen) atoms. The van der Waals surface area contributed by atoms with Crippen molar-refractivity contribution in [3.8, 4) is 5.75 Å². The van der Waals surface area contributed by atoms with Crippen molar-refractivity contribution in [3.63, 3.8) is 0 Å². The third-order valence-corrected chi connectivity index (χ3v) is 4.78. The topological polar surface area (TPSA) is 81.7 Å². The minimum atomic E-state index is -0.157. The Kier molecular flexibility index (Phi) is 5.03. The van der Waals surface area contributed by atoms with Crippen LogP contribution >= 0.6 is 0 Å². The van der Waals surface area contributed by atoms with Crippen LogP contribution in [0.2, 0.25) is 0 Å². The first-order valence-corrected chi connectivity index (χ1v) is 9.36. The van der Waals surface area contributed by atoms with E-state index in [0.29, 0.717) is 24.5 Å². The molecular formula is C22H22N4O3. The summed E-state index contributed by atoms with van der Waals surface area (Å²) in [7, 11) is 0. The molecule has 0 bridgehead atoms. The Balaban J connectivity index is 1.35. The van der Waals surface area contributed by atoms with E-state index in [4.69, 9.17) is 9.26 Å². The Morgan fingerprint density at radius 1 is 1.17 bits per heavy atom. The highest BCUT2D eigenvalue weighted by molar-refractivity contribution is 5.94. The van der Waals surface area contributed by atoms with Gasteiger partial charge in [-0.1, -0.05) is 5.16 Å². The van der Waals surface area contributed by atoms with E-state index >= 15 is 0 Å². The molecule has 148 valence electrons. The van der Waals surface area contributed by atoms with Gasteiger partial charge in [0.1, 0.15) is 23.8 Å². The fourth-order valence-electron chi connectivity index (χ4n) is 3.06. The molecule has 0 aliphatic carbocycles. The number of amides is 1. The molecule has 0 saturated heterocycles. The lowest BCUT2D eigenvalue weighted by Gasteiger charge is -2.07. The van der Waals surface area contributed by atoms with Crippen LogP contribution in [0.5, 0.6) is 5.75 Å². The quantitative estimate of drug-likeness (QED) is 0.542. The number of hydrogen-bond donors (Lipinski definition) is 1. The average Bonchev–Trinajstić information content (AvgIpc) is 3.27. The van der Waals surface area contributed by atoms with Gasteiger partial charge in [-0.3, -0.25) is 4.79 Å². The van der Waals surface area contributed by atoms with Crippen molar-refractivity contribution in [3.05, 3.63) is 82.6 Å². The summed E-state index contributed by atoms with van der Waals surface area (Å²) < 4.78 is 12.9. The molecule has 3 aromatic heterocycles. The lowest BCUT2D eigenvalue weighted by Crippen LogP contribution is -2.22. The lowest BCUT2D eigenvalue weighted by atomic mass is 10.2. The van der Waals surface area contributed by atoms with E-state index in [-0.39, 0.29) is 5.91 Å². The van der Waals surface area contributed by atoms with E-state index in [1.165, 1.54) is 0 Å². The number of pyridine rings is 1. The van der Waals surface area contributed by atoms with Crippen LogP contribution in [-0.4, -0.2) is 20.4 Å². The summed E-state index contributed by atoms with van der Waals surface area (Å²) in [6.45, 7) is 6.51. The number of nitrogens with one attached hydrogen (secondary N) is 1. The van der Waals surface area contributed by atoms with E-state index in [1.54, 1.807) is 24.3 Å². The molecule has 0 aliphatic heterocycles. The maximum atomic E-state index is 12.4. The van der Waals surface area contributed by atoms with Crippen LogP contribution in [0, 0.1) is 20.8 Å². The number of hydrogen-bond acceptors (Lipinski definition) is 5. The van der Waals surface area contributed by atoms with Crippen LogP contribution in [0.1, 0.15) is 38.6 Å². The summed E-state index contributed by atoms with van der Waals surface area (Å²) in [4.78, 5) is 17.0. The van der Waals surface area contributed by atoms with Gasteiger partial charge in [-0.25, -0.2) is 4.98 Å². The molecule has 0 radical (unpaired) electrons. The SMILES string of the molecule is Cc1ccn2cc(CNC(=O)c3ccc(OCc4c(C)noc4C)cc3)nc2c1. The standard InChI is InChI=1S/C22H22N4O3/c1-14-8-9-26-12-18(24-21(26)10-14)11-23-22(27)17-4-6-19(7-5-17)28-13-20-15(2)25-29-16(20)3/h4-10,12H,11,13H2,1-3H3,(H,23,27). The van der Waals surface area contributed by atoms with Gasteiger partial charge in [0, 0.05) is 18.0 Å². The molecule has 0 fully saturated rings. The smallest absolute Gasteiger partial charge is 0.251 e. The van der Waals surface area contributed by atoms with Crippen molar-refractivity contribution in [2.45, 2.75) is 33.9 Å². The molecule has 0 spiro atoms. The Bertz CT molecular complexity index is 1140. The van der Waals surface area contributed by atoms with Gasteiger partial charge in [-0.05, 0) is 62.7 Å². The first-order chi connectivity index (χ1) is 14.0. The van der Waals surface area contributed by atoms with Gasteiger partial charge in [0.25, 0.3) is 5.91 Å². The maximum absolute atomic E-state index is 12.4. The maximum Gasteiger partial charge on any atom is 0.251 e. The number of nitrogens with zero attached hydrogens (tertiary/aromatic N) is 3. The van der Waals surface area contributed by atoms with Crippen molar-refractivity contribution in [1.29, 1.82) is 0 Å². The predicted molar refractivity (Wildman–Crippen MR) is 108 cm³/mol. The number of fused-ring (bicyclic) bond motifs is 1. The molecule has 4 aromatic rings. The van der Waals surface area contributed by atoms with Gasteiger partial charge >= 0.3 is 0 Å². The van der Waals surface area contributed by atoms with Crippen molar-refractivity contribution in [2.75, 3.05) is 0 Å². The predicted octanol–water partition coefficient (Wildman–Crippen LogP) is 3.76. The fourth-order valence-corrected chi connectivity index (χ4v) is 3.06. The normalized spacial score (nSPS) is 11.0. The minimum Gasteiger partial charge on any atom is -0.489 e. The number of ether oxygens (including phenoxy) is 1. The number of rotatable bonds is 6. The first-order valence-electron chi connectivity index (χ1n) is 9.36. The number of carbonyl (C=O) groups excluding carboxylic acids is 1. The van der Waals surface area contributed by atoms with E-state index in [1.807, 2.05) is 49.7 Å². The Morgan fingerprint density at radius 2 is 1.97 bits per heavy atom. The van der Waals surface area contributed by atoms with Gasteiger partial charge in [0.15, 0.2) is 0 Å². The molecule has 7 heteroatoms. The average molecular weight is 390 g/mol. The van der Waals surface area contributed by atoms with Crippen molar-refractivity contribution in [1.82, 2.24) is 19.9 Å². The second-order valence-corrected chi connectivity index (χ2v) is 7.00. The third-order valence-electron chi connectivity index (χ3n) is 4.78. The van der Waals surface area contributed by atoms with Crippen molar-refractivity contribution in [2.24, 2.45) is 0 Å². The van der Waals surface area contributed by atoms with E-state index in [0.717, 1.165) is 33.9 Å². The van der Waals surface area contributed by atoms with Crippen molar-refractivity contribution >= 4 is 11.6 Å². The highest BCUT2D eigenvalue weighted by Crippen LogP contribution is 2.18. The monoisotopic (exact) mass is 390 g/mol. The van der Waals surface area contributed by atoms with Crippen molar-refractivity contribution < 1.29 is 14.1 Å². The zero-order chi connectivity index (χ0) is 20.4. The highest BCUT2D eigenvalue weighted by atomic mass is 16.5. The molecule has 0 saturated carbocycles. The number of benzene rings is 1. The zero-order valence-electron chi connectivity index (χ0n) is 16.6. The molecule has 1 N–H and O–H groups in total. The second kappa shape index (κ2) is 7.79. The van der Waals surface area contributed by atoms with Crippen LogP contribution < -0.4 is 10.1 Å². The highest BCUT2D eigenvalue weighted by Gasteiger charge is 2.11. The summed E-state index contributed by atoms with van der Waals surface area (Å²) in [5, 5.41) is 6.82. The molecule has 0 aliphatic rings. The Labute approximate surface area is 168 Å². The number of aryl methyl sites for hydroxylation is 3. The van der Waals surface area contributed by atoms with E-state index in [2.05, 4.69) is 15.5 Å². The van der Waals surface area contributed by atoms with Crippen LogP contribution in [0.25, 0.3) is 5.65 Å². The summed E-state index contributed by atoms with van der Waals surface area (Å²) >= 11 is 0. The molecule has 0 atom stereocenters. The van der Waals surface area contributed by atoms with Gasteiger partial charge < -0.3 is 19.0 Å².